The van der Waals surface area contributed by atoms with E-state index in [0.29, 0.717) is 11.3 Å². The molecule has 0 radical (unpaired) electrons. The maximum absolute atomic E-state index is 13.3. The largest absolute Gasteiger partial charge is 0.335 e. The Balaban J connectivity index is 1.57. The molecular weight excluding hydrogens is 396 g/mol. The molecule has 2 aromatic carbocycles. The van der Waals surface area contributed by atoms with Gasteiger partial charge < -0.3 is 4.90 Å². The topological polar surface area (TPSA) is 66.5 Å². The minimum Gasteiger partial charge on any atom is -0.335 e. The first kappa shape index (κ1) is 20.9. The van der Waals surface area contributed by atoms with Gasteiger partial charge in [0.05, 0.1) is 4.90 Å². The number of rotatable bonds is 4. The third-order valence-electron chi connectivity index (χ3n) is 6.37. The molecule has 160 valence electrons. The number of likely N-dealkylation sites (tertiary alicyclic amines) is 1. The van der Waals surface area contributed by atoms with E-state index < -0.39 is 10.0 Å². The van der Waals surface area contributed by atoms with Crippen LogP contribution in [-0.4, -0.2) is 31.8 Å². The molecule has 2 aliphatic rings. The van der Waals surface area contributed by atoms with Crippen molar-refractivity contribution in [1.29, 1.82) is 0 Å². The number of aryl methyl sites for hydroxylation is 1. The first-order chi connectivity index (χ1) is 14.0. The molecular formula is C24H30N2O3S. The van der Waals surface area contributed by atoms with Crippen LogP contribution in [0.4, 0.5) is 5.69 Å². The van der Waals surface area contributed by atoms with Crippen LogP contribution in [0.2, 0.25) is 0 Å². The smallest absolute Gasteiger partial charge is 0.261 e. The zero-order valence-electron chi connectivity index (χ0n) is 18.1. The summed E-state index contributed by atoms with van der Waals surface area (Å²) < 4.78 is 28.3. The lowest BCUT2D eigenvalue weighted by Gasteiger charge is -2.39. The zero-order valence-corrected chi connectivity index (χ0v) is 18.9. The summed E-state index contributed by atoms with van der Waals surface area (Å²) in [5.41, 5.74) is 2.34. The normalized spacial score (nSPS) is 25.2. The molecule has 1 saturated carbocycles. The molecule has 1 aliphatic heterocycles. The van der Waals surface area contributed by atoms with Gasteiger partial charge >= 0.3 is 0 Å². The molecule has 2 bridgehead atoms. The molecule has 0 aromatic heterocycles. The fourth-order valence-electron chi connectivity index (χ4n) is 5.50. The highest BCUT2D eigenvalue weighted by Gasteiger charge is 2.51. The van der Waals surface area contributed by atoms with E-state index in [9.17, 15) is 13.2 Å². The van der Waals surface area contributed by atoms with E-state index in [1.165, 1.54) is 12.1 Å². The fourth-order valence-corrected chi connectivity index (χ4v) is 6.60. The number of nitrogens with one attached hydrogen (secondary N) is 1. The quantitative estimate of drug-likeness (QED) is 0.761. The van der Waals surface area contributed by atoms with Crippen molar-refractivity contribution in [2.75, 3.05) is 11.3 Å². The summed E-state index contributed by atoms with van der Waals surface area (Å²) in [4.78, 5) is 15.4. The minimum absolute atomic E-state index is 0.0752. The number of nitrogens with zero attached hydrogens (tertiary/aromatic N) is 1. The van der Waals surface area contributed by atoms with E-state index in [2.05, 4.69) is 25.5 Å². The number of carbonyl (C=O) groups is 1. The van der Waals surface area contributed by atoms with Crippen molar-refractivity contribution in [2.24, 2.45) is 10.8 Å². The van der Waals surface area contributed by atoms with Crippen LogP contribution >= 0.6 is 0 Å². The molecule has 1 heterocycles. The van der Waals surface area contributed by atoms with E-state index in [1.54, 1.807) is 24.3 Å². The summed E-state index contributed by atoms with van der Waals surface area (Å²) in [5, 5.41) is 0. The van der Waals surface area contributed by atoms with Crippen molar-refractivity contribution in [2.45, 2.75) is 57.9 Å². The van der Waals surface area contributed by atoms with E-state index in [4.69, 9.17) is 0 Å². The Morgan fingerprint density at radius 3 is 2.47 bits per heavy atom. The van der Waals surface area contributed by atoms with Gasteiger partial charge in [-0.2, -0.15) is 0 Å². The van der Waals surface area contributed by atoms with Crippen LogP contribution < -0.4 is 4.72 Å². The summed E-state index contributed by atoms with van der Waals surface area (Å²) in [6.45, 7) is 9.49. The first-order valence-electron chi connectivity index (χ1n) is 10.5. The molecule has 0 unspecified atom stereocenters. The van der Waals surface area contributed by atoms with Gasteiger partial charge in [0.15, 0.2) is 0 Å². The summed E-state index contributed by atoms with van der Waals surface area (Å²) in [6.07, 6.45) is 3.12. The predicted molar refractivity (Wildman–Crippen MR) is 119 cm³/mol. The Labute approximate surface area is 179 Å². The molecule has 1 amide bonds. The average molecular weight is 427 g/mol. The highest BCUT2D eigenvalue weighted by Crippen LogP contribution is 2.52. The minimum atomic E-state index is -3.77. The highest BCUT2D eigenvalue weighted by atomic mass is 32.2. The van der Waals surface area contributed by atoms with Gasteiger partial charge in [0.25, 0.3) is 15.9 Å². The second kappa shape index (κ2) is 7.12. The Hall–Kier alpha value is -2.34. The van der Waals surface area contributed by atoms with Gasteiger partial charge in [0, 0.05) is 23.8 Å². The third kappa shape index (κ3) is 4.10. The van der Waals surface area contributed by atoms with Crippen molar-refractivity contribution in [3.05, 3.63) is 59.7 Å². The highest BCUT2D eigenvalue weighted by molar-refractivity contribution is 7.92. The number of carbonyl (C=O) groups excluding carboxylic acids is 1. The lowest BCUT2D eigenvalue weighted by atomic mass is 9.65. The number of benzene rings is 2. The van der Waals surface area contributed by atoms with Crippen molar-refractivity contribution < 1.29 is 13.2 Å². The molecule has 1 aliphatic carbocycles. The molecule has 1 N–H and O–H groups in total. The summed E-state index contributed by atoms with van der Waals surface area (Å²) in [5.74, 6) is -0.0752. The maximum atomic E-state index is 13.3. The second-order valence-corrected chi connectivity index (χ2v) is 11.8. The standard InChI is InChI=1S/C24H30N2O3S/c1-17-8-10-19(11-9-17)25-30(28,29)21-7-5-6-18(12-21)22(27)26-16-24(4)14-20(26)13-23(2,3)15-24/h5-12,20,25H,13-16H2,1-4H3/t20-,24-/m1/s1. The number of sulfonamides is 1. The van der Waals surface area contributed by atoms with Crippen LogP contribution in [0.25, 0.3) is 0 Å². The Morgan fingerprint density at radius 1 is 1.07 bits per heavy atom. The first-order valence-corrected chi connectivity index (χ1v) is 12.0. The molecule has 1 saturated heterocycles. The summed E-state index contributed by atoms with van der Waals surface area (Å²) >= 11 is 0. The van der Waals surface area contributed by atoms with E-state index in [1.807, 2.05) is 24.0 Å². The SMILES string of the molecule is Cc1ccc(NS(=O)(=O)c2cccc(C(=O)N3C[C@]4(C)C[C@H]3CC(C)(C)C4)c2)cc1. The average Bonchev–Trinajstić information content (AvgIpc) is 2.91. The van der Waals surface area contributed by atoms with E-state index >= 15 is 0 Å². The fraction of sp³-hybridized carbons (Fsp3) is 0.458. The molecule has 2 aromatic rings. The summed E-state index contributed by atoms with van der Waals surface area (Å²) in [6, 6.07) is 13.8. The number of hydrogen-bond donors (Lipinski definition) is 1. The lowest BCUT2D eigenvalue weighted by Crippen LogP contribution is -2.37. The van der Waals surface area contributed by atoms with Crippen LogP contribution in [0.15, 0.2) is 53.4 Å². The van der Waals surface area contributed by atoms with Crippen LogP contribution in [-0.2, 0) is 10.0 Å². The van der Waals surface area contributed by atoms with Crippen LogP contribution in [0.5, 0.6) is 0 Å². The number of anilines is 1. The predicted octanol–water partition coefficient (Wildman–Crippen LogP) is 4.84. The van der Waals surface area contributed by atoms with E-state index in [0.717, 1.165) is 31.4 Å². The maximum Gasteiger partial charge on any atom is 0.261 e. The van der Waals surface area contributed by atoms with E-state index in [-0.39, 0.29) is 27.7 Å². The van der Waals surface area contributed by atoms with Gasteiger partial charge in [-0.25, -0.2) is 8.42 Å². The molecule has 5 nitrogen and oxygen atoms in total. The zero-order chi connectivity index (χ0) is 21.7. The molecule has 2 atom stereocenters. The van der Waals surface area contributed by atoms with Gasteiger partial charge in [0.1, 0.15) is 0 Å². The third-order valence-corrected chi connectivity index (χ3v) is 7.75. The van der Waals surface area contributed by atoms with Gasteiger partial charge in [-0.1, -0.05) is 44.5 Å². The molecule has 6 heteroatoms. The van der Waals surface area contributed by atoms with Gasteiger partial charge in [0.2, 0.25) is 0 Å². The number of fused-ring (bicyclic) bond motifs is 2. The van der Waals surface area contributed by atoms with Gasteiger partial charge in [-0.3, -0.25) is 9.52 Å². The van der Waals surface area contributed by atoms with Crippen molar-refractivity contribution in [3.63, 3.8) is 0 Å². The Morgan fingerprint density at radius 2 is 1.77 bits per heavy atom. The van der Waals surface area contributed by atoms with Crippen molar-refractivity contribution in [3.8, 4) is 0 Å². The Kier molecular flexibility index (Phi) is 4.96. The van der Waals surface area contributed by atoms with Gasteiger partial charge in [-0.05, 0) is 67.3 Å². The molecule has 4 rings (SSSR count). The number of hydrogen-bond acceptors (Lipinski definition) is 3. The van der Waals surface area contributed by atoms with Crippen molar-refractivity contribution in [1.82, 2.24) is 4.90 Å². The second-order valence-electron chi connectivity index (χ2n) is 10.1. The lowest BCUT2D eigenvalue weighted by molar-refractivity contribution is 0.0708. The van der Waals surface area contributed by atoms with Crippen molar-refractivity contribution >= 4 is 21.6 Å². The molecule has 30 heavy (non-hydrogen) atoms. The Bertz CT molecular complexity index is 1080. The van der Waals surface area contributed by atoms with Crippen LogP contribution in [0.1, 0.15) is 56.0 Å². The van der Waals surface area contributed by atoms with Crippen LogP contribution in [0.3, 0.4) is 0 Å². The monoisotopic (exact) mass is 426 g/mol. The summed E-state index contributed by atoms with van der Waals surface area (Å²) in [7, 11) is -3.77. The number of amides is 1. The van der Waals surface area contributed by atoms with Gasteiger partial charge in [-0.15, -0.1) is 0 Å². The molecule has 2 fully saturated rings. The molecule has 0 spiro atoms. The van der Waals surface area contributed by atoms with Crippen LogP contribution in [0, 0.1) is 17.8 Å².